The van der Waals surface area contributed by atoms with Gasteiger partial charge < -0.3 is 19.6 Å². The predicted molar refractivity (Wildman–Crippen MR) is 97.7 cm³/mol. The molecule has 1 N–H and O–H groups in total. The number of likely N-dealkylation sites (tertiary alicyclic amines) is 1. The van der Waals surface area contributed by atoms with E-state index < -0.39 is 0 Å². The van der Waals surface area contributed by atoms with Crippen LogP contribution in [-0.2, 0) is 20.7 Å². The molecule has 7 heteroatoms. The van der Waals surface area contributed by atoms with Crippen LogP contribution in [-0.4, -0.2) is 78.7 Å². The average molecular weight is 363 g/mol. The number of nitrogens with zero attached hydrogens (tertiary/aromatic N) is 3. The van der Waals surface area contributed by atoms with Crippen molar-refractivity contribution in [2.45, 2.75) is 31.4 Å². The third kappa shape index (κ3) is 5.02. The molecule has 1 saturated carbocycles. The number of likely N-dealkylation sites (N-methyl/N-ethyl adjacent to an activating group) is 1. The Morgan fingerprint density at radius 1 is 1.38 bits per heavy atom. The van der Waals surface area contributed by atoms with E-state index in [1.54, 1.807) is 12.4 Å². The van der Waals surface area contributed by atoms with Crippen molar-refractivity contribution in [1.29, 1.82) is 0 Å². The Bertz CT molecular complexity index is 581. The fourth-order valence-electron chi connectivity index (χ4n) is 4.18. The second kappa shape index (κ2) is 9.64. The average Bonchev–Trinajstić information content (AvgIpc) is 3.05. The molecular formula is C19H29N3O4. The van der Waals surface area contributed by atoms with Crippen molar-refractivity contribution in [2.75, 3.05) is 34.3 Å². The van der Waals surface area contributed by atoms with E-state index in [0.29, 0.717) is 24.3 Å². The van der Waals surface area contributed by atoms with E-state index in [0.717, 1.165) is 31.5 Å². The number of hydrogen-bond acceptors (Lipinski definition) is 5. The van der Waals surface area contributed by atoms with Gasteiger partial charge in [0.1, 0.15) is 0 Å². The molecule has 2 fully saturated rings. The van der Waals surface area contributed by atoms with E-state index in [9.17, 15) is 4.79 Å². The summed E-state index contributed by atoms with van der Waals surface area (Å²) in [6, 6.07) is 4.31. The largest absolute Gasteiger partial charge is 0.483 e. The van der Waals surface area contributed by atoms with E-state index in [-0.39, 0.29) is 18.5 Å². The van der Waals surface area contributed by atoms with Crippen LogP contribution in [0.3, 0.4) is 0 Å². The lowest BCUT2D eigenvalue weighted by molar-refractivity contribution is -0.129. The number of carboxylic acid groups (broad SMARTS) is 1. The molecule has 0 bridgehead atoms. The van der Waals surface area contributed by atoms with Crippen molar-refractivity contribution < 1.29 is 19.4 Å². The fourth-order valence-corrected chi connectivity index (χ4v) is 4.18. The Balaban J connectivity index is 0.000000758. The standard InChI is InChI=1S/C18H27N3O2.CH2O2/c1-20(2)16-8-14-11-21(12-15(14)9-17(16)23-3)18(22)7-13-5-4-6-19-10-13;2-1-3/h4-6,10,14-17H,7-9,11-12H2,1-3H3;1H,(H,2,3)/t14-,15+,16-,17-;/m1./s1. The molecule has 7 nitrogen and oxygen atoms in total. The van der Waals surface area contributed by atoms with Gasteiger partial charge in [-0.3, -0.25) is 14.6 Å². The predicted octanol–water partition coefficient (Wildman–Crippen LogP) is 1.14. The maximum atomic E-state index is 12.6. The van der Waals surface area contributed by atoms with Gasteiger partial charge in [-0.15, -0.1) is 0 Å². The van der Waals surface area contributed by atoms with Crippen LogP contribution in [0.25, 0.3) is 0 Å². The first kappa shape index (κ1) is 20.3. The highest BCUT2D eigenvalue weighted by Gasteiger charge is 2.44. The third-order valence-electron chi connectivity index (χ3n) is 5.48. The topological polar surface area (TPSA) is 83.0 Å². The van der Waals surface area contributed by atoms with E-state index in [1.807, 2.05) is 24.1 Å². The summed E-state index contributed by atoms with van der Waals surface area (Å²) in [5.41, 5.74) is 0.994. The molecule has 0 unspecified atom stereocenters. The number of hydrogen-bond donors (Lipinski definition) is 1. The van der Waals surface area contributed by atoms with Crippen molar-refractivity contribution >= 4 is 12.4 Å². The van der Waals surface area contributed by atoms with Crippen molar-refractivity contribution in [3.05, 3.63) is 30.1 Å². The summed E-state index contributed by atoms with van der Waals surface area (Å²) in [4.78, 5) is 29.4. The zero-order valence-electron chi connectivity index (χ0n) is 15.7. The summed E-state index contributed by atoms with van der Waals surface area (Å²) < 4.78 is 5.71. The summed E-state index contributed by atoms with van der Waals surface area (Å²) in [5.74, 6) is 1.41. The first-order valence-corrected chi connectivity index (χ1v) is 8.93. The summed E-state index contributed by atoms with van der Waals surface area (Å²) >= 11 is 0. The van der Waals surface area contributed by atoms with Gasteiger partial charge in [-0.25, -0.2) is 0 Å². The van der Waals surface area contributed by atoms with Crippen LogP contribution in [0.1, 0.15) is 18.4 Å². The van der Waals surface area contributed by atoms with Crippen molar-refractivity contribution in [3.63, 3.8) is 0 Å². The van der Waals surface area contributed by atoms with Gasteiger partial charge in [-0.1, -0.05) is 6.07 Å². The molecule has 0 aromatic carbocycles. The van der Waals surface area contributed by atoms with Crippen LogP contribution >= 0.6 is 0 Å². The number of carbonyl (C=O) groups is 2. The molecule has 4 atom stereocenters. The van der Waals surface area contributed by atoms with Crippen LogP contribution in [0.5, 0.6) is 0 Å². The molecule has 1 aromatic rings. The first-order chi connectivity index (χ1) is 12.5. The third-order valence-corrected chi connectivity index (χ3v) is 5.48. The molecule has 26 heavy (non-hydrogen) atoms. The van der Waals surface area contributed by atoms with E-state index in [1.165, 1.54) is 0 Å². The molecule has 3 rings (SSSR count). The number of ether oxygens (including phenoxy) is 1. The first-order valence-electron chi connectivity index (χ1n) is 8.93. The number of fused-ring (bicyclic) bond motifs is 1. The lowest BCUT2D eigenvalue weighted by Gasteiger charge is -2.40. The van der Waals surface area contributed by atoms with Crippen LogP contribution in [0.15, 0.2) is 24.5 Å². The minimum atomic E-state index is -0.250. The molecule has 2 aliphatic rings. The summed E-state index contributed by atoms with van der Waals surface area (Å²) in [7, 11) is 6.05. The van der Waals surface area contributed by atoms with Crippen molar-refractivity contribution in [2.24, 2.45) is 11.8 Å². The molecule has 1 amide bonds. The number of carbonyl (C=O) groups excluding carboxylic acids is 1. The number of rotatable bonds is 4. The number of amides is 1. The SMILES string of the molecule is CO[C@@H]1C[C@H]2CN(C(=O)Cc3cccnc3)C[C@H]2C[C@H]1N(C)C.O=CO. The van der Waals surface area contributed by atoms with Crippen LogP contribution in [0.4, 0.5) is 0 Å². The van der Waals surface area contributed by atoms with Gasteiger partial charge in [0.05, 0.1) is 12.5 Å². The molecule has 0 radical (unpaired) electrons. The van der Waals surface area contributed by atoms with Gasteiger partial charge in [0.2, 0.25) is 5.91 Å². The molecular weight excluding hydrogens is 334 g/mol. The Morgan fingerprint density at radius 3 is 2.58 bits per heavy atom. The normalized spacial score (nSPS) is 27.5. The highest BCUT2D eigenvalue weighted by Crippen LogP contribution is 2.38. The Labute approximate surface area is 155 Å². The van der Waals surface area contributed by atoms with E-state index >= 15 is 0 Å². The van der Waals surface area contributed by atoms with E-state index in [2.05, 4.69) is 24.0 Å². The minimum Gasteiger partial charge on any atom is -0.483 e. The van der Waals surface area contributed by atoms with Gasteiger partial charge >= 0.3 is 0 Å². The lowest BCUT2D eigenvalue weighted by Crippen LogP contribution is -2.47. The van der Waals surface area contributed by atoms with Crippen LogP contribution in [0, 0.1) is 11.8 Å². The summed E-state index contributed by atoms with van der Waals surface area (Å²) in [6.07, 6.45) is 6.43. The smallest absolute Gasteiger partial charge is 0.290 e. The van der Waals surface area contributed by atoms with Gasteiger partial charge in [0.15, 0.2) is 0 Å². The van der Waals surface area contributed by atoms with Crippen molar-refractivity contribution in [3.8, 4) is 0 Å². The number of pyridine rings is 1. The lowest BCUT2D eigenvalue weighted by atomic mass is 9.77. The number of methoxy groups -OCH3 is 1. The molecule has 144 valence electrons. The van der Waals surface area contributed by atoms with Gasteiger partial charge in [-0.05, 0) is 50.4 Å². The maximum absolute atomic E-state index is 12.6. The van der Waals surface area contributed by atoms with E-state index in [4.69, 9.17) is 14.6 Å². The molecule has 1 aromatic heterocycles. The molecule has 1 aliphatic heterocycles. The van der Waals surface area contributed by atoms with Crippen LogP contribution in [0.2, 0.25) is 0 Å². The fraction of sp³-hybridized carbons (Fsp3) is 0.632. The molecule has 0 spiro atoms. The Kier molecular flexibility index (Phi) is 7.53. The van der Waals surface area contributed by atoms with Gasteiger partial charge in [0, 0.05) is 38.6 Å². The van der Waals surface area contributed by atoms with Gasteiger partial charge in [0.25, 0.3) is 6.47 Å². The molecule has 1 aliphatic carbocycles. The zero-order valence-corrected chi connectivity index (χ0v) is 15.7. The Morgan fingerprint density at radius 2 is 2.04 bits per heavy atom. The second-order valence-electron chi connectivity index (χ2n) is 7.24. The highest BCUT2D eigenvalue weighted by molar-refractivity contribution is 5.79. The Hall–Kier alpha value is -1.99. The van der Waals surface area contributed by atoms with Crippen LogP contribution < -0.4 is 0 Å². The molecule has 2 heterocycles. The monoisotopic (exact) mass is 363 g/mol. The van der Waals surface area contributed by atoms with Crippen molar-refractivity contribution in [1.82, 2.24) is 14.8 Å². The number of aromatic nitrogens is 1. The highest BCUT2D eigenvalue weighted by atomic mass is 16.5. The zero-order chi connectivity index (χ0) is 19.1. The minimum absolute atomic E-state index is 0.225. The maximum Gasteiger partial charge on any atom is 0.290 e. The summed E-state index contributed by atoms with van der Waals surface area (Å²) in [5, 5.41) is 6.89. The second-order valence-corrected chi connectivity index (χ2v) is 7.24. The quantitative estimate of drug-likeness (QED) is 0.808. The molecule has 1 saturated heterocycles. The summed E-state index contributed by atoms with van der Waals surface area (Å²) in [6.45, 7) is 1.52. The van der Waals surface area contributed by atoms with Gasteiger partial charge in [-0.2, -0.15) is 0 Å².